The summed E-state index contributed by atoms with van der Waals surface area (Å²) in [5.41, 5.74) is 3.55. The van der Waals surface area contributed by atoms with Gasteiger partial charge in [0.05, 0.1) is 11.9 Å². The summed E-state index contributed by atoms with van der Waals surface area (Å²) in [6.07, 6.45) is 0.784. The van der Waals surface area contributed by atoms with Crippen LogP contribution in [0.15, 0.2) is 88.7 Å². The maximum absolute atomic E-state index is 15.0. The lowest BCUT2D eigenvalue weighted by Crippen LogP contribution is -2.04. The van der Waals surface area contributed by atoms with Crippen molar-refractivity contribution >= 4 is 51.0 Å². The van der Waals surface area contributed by atoms with E-state index in [0.717, 1.165) is 54.7 Å². The zero-order valence-corrected chi connectivity index (χ0v) is 20.2. The minimum absolute atomic E-state index is 0.0539. The maximum atomic E-state index is 15.0. The average Bonchev–Trinajstić information content (AvgIpc) is 3.38. The van der Waals surface area contributed by atoms with Crippen LogP contribution in [0.2, 0.25) is 5.02 Å². The number of rotatable bonds is 5. The van der Waals surface area contributed by atoms with Crippen LogP contribution in [-0.2, 0) is 11.3 Å². The van der Waals surface area contributed by atoms with E-state index in [1.165, 1.54) is 0 Å². The predicted octanol–water partition coefficient (Wildman–Crippen LogP) is 8.37. The summed E-state index contributed by atoms with van der Waals surface area (Å²) in [4.78, 5) is 13.7. The third-order valence-corrected chi connectivity index (χ3v) is 8.10. The molecule has 2 heterocycles. The molecular formula is C29H21ClFNO2S. The SMILES string of the molecule is O=C(O)CC1CCn2c1c(Sc1ccc(Cl)cc1)c1c(-c3ccc4ccccc4c3)cc(F)cc12. The van der Waals surface area contributed by atoms with Crippen LogP contribution in [0.25, 0.3) is 32.8 Å². The zero-order valence-electron chi connectivity index (χ0n) is 18.7. The largest absolute Gasteiger partial charge is 0.481 e. The monoisotopic (exact) mass is 501 g/mol. The molecule has 1 aromatic heterocycles. The van der Waals surface area contributed by atoms with Gasteiger partial charge in [-0.3, -0.25) is 4.79 Å². The van der Waals surface area contributed by atoms with Gasteiger partial charge in [-0.15, -0.1) is 0 Å². The second-order valence-corrected chi connectivity index (χ2v) is 10.4. The molecule has 174 valence electrons. The van der Waals surface area contributed by atoms with E-state index >= 15 is 4.39 Å². The first-order valence-corrected chi connectivity index (χ1v) is 12.7. The molecule has 1 unspecified atom stereocenters. The third kappa shape index (κ3) is 3.99. The first-order chi connectivity index (χ1) is 17.0. The molecule has 1 N–H and O–H groups in total. The van der Waals surface area contributed by atoms with Crippen molar-refractivity contribution in [3.63, 3.8) is 0 Å². The fraction of sp³-hybridized carbons (Fsp3) is 0.138. The highest BCUT2D eigenvalue weighted by atomic mass is 35.5. The number of halogens is 2. The van der Waals surface area contributed by atoms with E-state index in [4.69, 9.17) is 11.6 Å². The zero-order chi connectivity index (χ0) is 24.1. The van der Waals surface area contributed by atoms with Gasteiger partial charge < -0.3 is 9.67 Å². The van der Waals surface area contributed by atoms with Gasteiger partial charge in [-0.25, -0.2) is 4.39 Å². The molecule has 0 saturated heterocycles. The molecule has 0 saturated carbocycles. The van der Waals surface area contributed by atoms with E-state index in [2.05, 4.69) is 28.8 Å². The van der Waals surface area contributed by atoms with Gasteiger partial charge in [-0.2, -0.15) is 0 Å². The van der Waals surface area contributed by atoms with Crippen molar-refractivity contribution in [2.45, 2.75) is 35.1 Å². The van der Waals surface area contributed by atoms with Crippen LogP contribution in [0, 0.1) is 5.82 Å². The second-order valence-electron chi connectivity index (χ2n) is 8.91. The number of carboxylic acid groups (broad SMARTS) is 1. The van der Waals surface area contributed by atoms with E-state index in [1.807, 2.05) is 42.5 Å². The molecule has 0 bridgehead atoms. The molecule has 4 aromatic carbocycles. The van der Waals surface area contributed by atoms with Crippen molar-refractivity contribution < 1.29 is 14.3 Å². The van der Waals surface area contributed by atoms with Crippen LogP contribution in [0.4, 0.5) is 4.39 Å². The molecule has 35 heavy (non-hydrogen) atoms. The molecule has 0 radical (unpaired) electrons. The number of aromatic nitrogens is 1. The van der Waals surface area contributed by atoms with Crippen molar-refractivity contribution in [1.29, 1.82) is 0 Å². The van der Waals surface area contributed by atoms with Crippen molar-refractivity contribution in [2.75, 3.05) is 0 Å². The van der Waals surface area contributed by atoms with Gasteiger partial charge >= 0.3 is 5.97 Å². The fourth-order valence-electron chi connectivity index (χ4n) is 5.21. The van der Waals surface area contributed by atoms with Gasteiger partial charge in [0.15, 0.2) is 0 Å². The molecule has 6 rings (SSSR count). The molecule has 6 heteroatoms. The Hall–Kier alpha value is -3.28. The normalized spacial score (nSPS) is 15.1. The minimum Gasteiger partial charge on any atom is -0.481 e. The average molecular weight is 502 g/mol. The fourth-order valence-corrected chi connectivity index (χ4v) is 6.54. The molecule has 1 atom stereocenters. The second kappa shape index (κ2) is 8.74. The van der Waals surface area contributed by atoms with Crippen LogP contribution < -0.4 is 0 Å². The lowest BCUT2D eigenvalue weighted by Gasteiger charge is -2.13. The molecule has 1 aliphatic heterocycles. The summed E-state index contributed by atoms with van der Waals surface area (Å²) in [5, 5.41) is 13.4. The van der Waals surface area contributed by atoms with E-state index in [-0.39, 0.29) is 18.2 Å². The van der Waals surface area contributed by atoms with Crippen LogP contribution in [0.3, 0.4) is 0 Å². The summed E-state index contributed by atoms with van der Waals surface area (Å²) >= 11 is 7.71. The Balaban J connectivity index is 1.62. The minimum atomic E-state index is -0.822. The van der Waals surface area contributed by atoms with Gasteiger partial charge in [0, 0.05) is 38.4 Å². The maximum Gasteiger partial charge on any atom is 0.304 e. The van der Waals surface area contributed by atoms with Gasteiger partial charge in [0.1, 0.15) is 5.82 Å². The van der Waals surface area contributed by atoms with Crippen LogP contribution in [-0.4, -0.2) is 15.6 Å². The van der Waals surface area contributed by atoms with E-state index in [1.54, 1.807) is 23.9 Å². The summed E-state index contributed by atoms with van der Waals surface area (Å²) in [5.74, 6) is -1.25. The quantitative estimate of drug-likeness (QED) is 0.263. The highest BCUT2D eigenvalue weighted by molar-refractivity contribution is 7.99. The van der Waals surface area contributed by atoms with Crippen molar-refractivity contribution in [1.82, 2.24) is 4.57 Å². The van der Waals surface area contributed by atoms with Crippen molar-refractivity contribution in [3.8, 4) is 11.1 Å². The number of aryl methyl sites for hydroxylation is 1. The molecule has 0 aliphatic carbocycles. The number of benzene rings is 4. The molecule has 0 amide bonds. The molecule has 5 aromatic rings. The first-order valence-electron chi connectivity index (χ1n) is 11.5. The van der Waals surface area contributed by atoms with Crippen LogP contribution in [0.1, 0.15) is 24.5 Å². The van der Waals surface area contributed by atoms with Crippen molar-refractivity contribution in [3.05, 3.63) is 95.4 Å². The summed E-state index contributed by atoms with van der Waals surface area (Å²) in [6.45, 7) is 0.672. The summed E-state index contributed by atoms with van der Waals surface area (Å²) in [7, 11) is 0. The number of hydrogen-bond acceptors (Lipinski definition) is 2. The smallest absolute Gasteiger partial charge is 0.304 e. The Morgan fingerprint density at radius 1 is 1.03 bits per heavy atom. The van der Waals surface area contributed by atoms with Crippen molar-refractivity contribution in [2.24, 2.45) is 0 Å². The Kier molecular flexibility index (Phi) is 5.54. The van der Waals surface area contributed by atoms with Gasteiger partial charge in [0.25, 0.3) is 0 Å². The van der Waals surface area contributed by atoms with Crippen LogP contribution >= 0.6 is 23.4 Å². The Morgan fingerprint density at radius 2 is 1.80 bits per heavy atom. The Bertz CT molecular complexity index is 1610. The number of aliphatic carboxylic acids is 1. The van der Waals surface area contributed by atoms with E-state index < -0.39 is 5.97 Å². The summed E-state index contributed by atoms with van der Waals surface area (Å²) in [6, 6.07) is 25.1. The van der Waals surface area contributed by atoms with Gasteiger partial charge in [-0.1, -0.05) is 59.8 Å². The number of carbonyl (C=O) groups is 1. The molecule has 3 nitrogen and oxygen atoms in total. The predicted molar refractivity (Wildman–Crippen MR) is 140 cm³/mol. The molecular weight excluding hydrogens is 481 g/mol. The lowest BCUT2D eigenvalue weighted by atomic mass is 9.96. The summed E-state index contributed by atoms with van der Waals surface area (Å²) < 4.78 is 17.1. The van der Waals surface area contributed by atoms with Gasteiger partial charge in [-0.05, 0) is 70.8 Å². The molecule has 0 spiro atoms. The molecule has 1 aliphatic rings. The number of hydrogen-bond donors (Lipinski definition) is 1. The number of carboxylic acids is 1. The Morgan fingerprint density at radius 3 is 2.57 bits per heavy atom. The Labute approximate surface area is 211 Å². The number of fused-ring (bicyclic) bond motifs is 4. The number of nitrogens with zero attached hydrogens (tertiary/aromatic N) is 1. The van der Waals surface area contributed by atoms with E-state index in [9.17, 15) is 9.90 Å². The topological polar surface area (TPSA) is 42.2 Å². The van der Waals surface area contributed by atoms with E-state index in [0.29, 0.717) is 11.6 Å². The highest BCUT2D eigenvalue weighted by Crippen LogP contribution is 2.49. The lowest BCUT2D eigenvalue weighted by molar-refractivity contribution is -0.137. The molecule has 0 fully saturated rings. The van der Waals surface area contributed by atoms with Gasteiger partial charge in [0.2, 0.25) is 0 Å². The standard InChI is InChI=1S/C29H21ClFNO2S/c30-21-7-9-23(10-8-21)35-29-27-24(19-6-5-17-3-1-2-4-18(17)13-19)15-22(31)16-25(27)32-12-11-20(28(29)32)14-26(33)34/h1-10,13,15-16,20H,11-12,14H2,(H,33,34). The van der Waals surface area contributed by atoms with Crippen LogP contribution in [0.5, 0.6) is 0 Å². The highest BCUT2D eigenvalue weighted by Gasteiger charge is 2.33. The first kappa shape index (κ1) is 22.2. The third-order valence-electron chi connectivity index (χ3n) is 6.73.